The maximum atomic E-state index is 13.0. The highest BCUT2D eigenvalue weighted by atomic mass is 19.4. The summed E-state index contributed by atoms with van der Waals surface area (Å²) >= 11 is 0. The zero-order chi connectivity index (χ0) is 21.6. The molecule has 158 valence electrons. The van der Waals surface area contributed by atoms with Gasteiger partial charge in [0.05, 0.1) is 37.4 Å². The molecule has 0 radical (unpaired) electrons. The second-order valence-corrected chi connectivity index (χ2v) is 7.09. The van der Waals surface area contributed by atoms with E-state index in [-0.39, 0.29) is 18.1 Å². The standard InChI is InChI=1S/C22H22F3N3O2/c23-22(24,25)18-8-4-5-9-19(18)26-20(29)16-27-12-14-28(15-13-27)21(30)11-10-17-6-2-1-3-7-17/h1-11H,12-16H2,(H,26,29)/p+1/b11-10+. The number of alkyl halides is 3. The summed E-state index contributed by atoms with van der Waals surface area (Å²) in [5, 5.41) is 2.37. The lowest BCUT2D eigenvalue weighted by Gasteiger charge is -2.31. The van der Waals surface area contributed by atoms with Crippen LogP contribution < -0.4 is 10.2 Å². The van der Waals surface area contributed by atoms with Crippen molar-refractivity contribution in [1.82, 2.24) is 4.90 Å². The van der Waals surface area contributed by atoms with Crippen molar-refractivity contribution in [3.05, 3.63) is 71.8 Å². The van der Waals surface area contributed by atoms with Crippen LogP contribution >= 0.6 is 0 Å². The van der Waals surface area contributed by atoms with Crippen LogP contribution in [0.2, 0.25) is 0 Å². The van der Waals surface area contributed by atoms with E-state index in [4.69, 9.17) is 0 Å². The van der Waals surface area contributed by atoms with Gasteiger partial charge in [-0.15, -0.1) is 0 Å². The summed E-state index contributed by atoms with van der Waals surface area (Å²) in [6.45, 7) is 2.13. The van der Waals surface area contributed by atoms with Crippen LogP contribution in [-0.2, 0) is 15.8 Å². The minimum absolute atomic E-state index is 0.0497. The van der Waals surface area contributed by atoms with E-state index in [0.29, 0.717) is 26.2 Å². The van der Waals surface area contributed by atoms with Crippen molar-refractivity contribution >= 4 is 23.6 Å². The number of piperazine rings is 1. The number of hydrogen-bond acceptors (Lipinski definition) is 2. The molecule has 1 aliphatic heterocycles. The number of amides is 2. The lowest BCUT2D eigenvalue weighted by atomic mass is 10.1. The SMILES string of the molecule is O=C(C[NH+]1CCN(C(=O)/C=C/c2ccccc2)CC1)Nc1ccccc1C(F)(F)F. The first-order valence-electron chi connectivity index (χ1n) is 9.64. The molecular weight excluding hydrogens is 395 g/mol. The minimum atomic E-state index is -4.53. The number of para-hydroxylation sites is 1. The lowest BCUT2D eigenvalue weighted by molar-refractivity contribution is -0.895. The molecule has 0 aromatic heterocycles. The largest absolute Gasteiger partial charge is 0.418 e. The van der Waals surface area contributed by atoms with Gasteiger partial charge in [-0.05, 0) is 23.8 Å². The summed E-state index contributed by atoms with van der Waals surface area (Å²) < 4.78 is 39.1. The number of quaternary nitrogens is 1. The number of halogens is 3. The Kier molecular flexibility index (Phi) is 6.89. The van der Waals surface area contributed by atoms with Gasteiger partial charge in [-0.25, -0.2) is 0 Å². The summed E-state index contributed by atoms with van der Waals surface area (Å²) in [5.41, 5.74) is -0.172. The predicted octanol–water partition coefficient (Wildman–Crippen LogP) is 2.08. The summed E-state index contributed by atoms with van der Waals surface area (Å²) in [6.07, 6.45) is -1.25. The zero-order valence-electron chi connectivity index (χ0n) is 16.3. The molecule has 1 fully saturated rings. The van der Waals surface area contributed by atoms with E-state index in [1.165, 1.54) is 24.3 Å². The zero-order valence-corrected chi connectivity index (χ0v) is 16.3. The van der Waals surface area contributed by atoms with Crippen molar-refractivity contribution < 1.29 is 27.7 Å². The summed E-state index contributed by atoms with van der Waals surface area (Å²) in [7, 11) is 0. The van der Waals surface area contributed by atoms with Gasteiger partial charge in [0.15, 0.2) is 6.54 Å². The van der Waals surface area contributed by atoms with Crippen LogP contribution in [0.15, 0.2) is 60.7 Å². The van der Waals surface area contributed by atoms with Gasteiger partial charge in [0.1, 0.15) is 0 Å². The maximum Gasteiger partial charge on any atom is 0.418 e. The summed E-state index contributed by atoms with van der Waals surface area (Å²) in [4.78, 5) is 27.2. The fourth-order valence-electron chi connectivity index (χ4n) is 3.32. The fourth-order valence-corrected chi connectivity index (χ4v) is 3.32. The molecule has 0 unspecified atom stereocenters. The molecule has 0 bridgehead atoms. The smallest absolute Gasteiger partial charge is 0.328 e. The lowest BCUT2D eigenvalue weighted by Crippen LogP contribution is -3.15. The molecule has 0 aliphatic carbocycles. The molecule has 0 atom stereocenters. The third-order valence-electron chi connectivity index (χ3n) is 4.92. The average Bonchev–Trinajstić information content (AvgIpc) is 2.73. The predicted molar refractivity (Wildman–Crippen MR) is 108 cm³/mol. The Balaban J connectivity index is 1.48. The van der Waals surface area contributed by atoms with E-state index in [1.54, 1.807) is 11.0 Å². The second kappa shape index (κ2) is 9.58. The average molecular weight is 418 g/mol. The molecule has 1 saturated heterocycles. The molecule has 0 spiro atoms. The van der Waals surface area contributed by atoms with E-state index in [2.05, 4.69) is 5.32 Å². The molecule has 1 aliphatic rings. The maximum absolute atomic E-state index is 13.0. The molecule has 30 heavy (non-hydrogen) atoms. The number of benzene rings is 2. The Labute approximate surface area is 172 Å². The number of carbonyl (C=O) groups excluding carboxylic acids is 2. The van der Waals surface area contributed by atoms with Crippen molar-refractivity contribution in [2.24, 2.45) is 0 Å². The Morgan fingerprint density at radius 1 is 1.00 bits per heavy atom. The Hall–Kier alpha value is -3.13. The van der Waals surface area contributed by atoms with E-state index >= 15 is 0 Å². The van der Waals surface area contributed by atoms with Crippen LogP contribution in [0.25, 0.3) is 6.08 Å². The van der Waals surface area contributed by atoms with Crippen LogP contribution in [0.3, 0.4) is 0 Å². The molecule has 2 aromatic carbocycles. The van der Waals surface area contributed by atoms with Gasteiger partial charge in [0.25, 0.3) is 5.91 Å². The highest BCUT2D eigenvalue weighted by Crippen LogP contribution is 2.34. The highest BCUT2D eigenvalue weighted by Gasteiger charge is 2.34. The summed E-state index contributed by atoms with van der Waals surface area (Å²) in [5.74, 6) is -0.577. The number of nitrogens with one attached hydrogen (secondary N) is 2. The Morgan fingerprint density at radius 2 is 1.63 bits per heavy atom. The number of nitrogens with zero attached hydrogens (tertiary/aromatic N) is 1. The first-order valence-corrected chi connectivity index (χ1v) is 9.64. The second-order valence-electron chi connectivity index (χ2n) is 7.09. The van der Waals surface area contributed by atoms with Gasteiger partial charge >= 0.3 is 6.18 Å². The van der Waals surface area contributed by atoms with Crippen LogP contribution in [-0.4, -0.2) is 49.4 Å². The van der Waals surface area contributed by atoms with Crippen molar-refractivity contribution in [3.63, 3.8) is 0 Å². The fraction of sp³-hybridized carbons (Fsp3) is 0.273. The van der Waals surface area contributed by atoms with Crippen LogP contribution in [0.5, 0.6) is 0 Å². The van der Waals surface area contributed by atoms with Gasteiger partial charge in [-0.1, -0.05) is 42.5 Å². The molecule has 3 rings (SSSR count). The van der Waals surface area contributed by atoms with E-state index in [9.17, 15) is 22.8 Å². The van der Waals surface area contributed by atoms with E-state index < -0.39 is 17.6 Å². The van der Waals surface area contributed by atoms with Gasteiger partial charge < -0.3 is 15.1 Å². The third kappa shape index (κ3) is 5.93. The first-order chi connectivity index (χ1) is 14.3. The van der Waals surface area contributed by atoms with Crippen LogP contribution in [0, 0.1) is 0 Å². The highest BCUT2D eigenvalue weighted by molar-refractivity contribution is 5.92. The minimum Gasteiger partial charge on any atom is -0.328 e. The third-order valence-corrected chi connectivity index (χ3v) is 4.92. The van der Waals surface area contributed by atoms with Gasteiger partial charge in [0, 0.05) is 6.08 Å². The van der Waals surface area contributed by atoms with Crippen molar-refractivity contribution in [2.75, 3.05) is 38.0 Å². The number of anilines is 1. The van der Waals surface area contributed by atoms with Crippen molar-refractivity contribution in [3.8, 4) is 0 Å². The molecule has 2 aromatic rings. The van der Waals surface area contributed by atoms with E-state index in [1.807, 2.05) is 30.3 Å². The van der Waals surface area contributed by atoms with Crippen LogP contribution in [0.1, 0.15) is 11.1 Å². The Morgan fingerprint density at radius 3 is 2.30 bits per heavy atom. The number of rotatable bonds is 5. The number of carbonyl (C=O) groups is 2. The van der Waals surface area contributed by atoms with E-state index in [0.717, 1.165) is 16.5 Å². The van der Waals surface area contributed by atoms with Crippen molar-refractivity contribution in [1.29, 1.82) is 0 Å². The topological polar surface area (TPSA) is 53.9 Å². The molecule has 0 saturated carbocycles. The molecule has 5 nitrogen and oxygen atoms in total. The number of hydrogen-bond donors (Lipinski definition) is 2. The summed E-state index contributed by atoms with van der Waals surface area (Å²) in [6, 6.07) is 14.4. The molecular formula is C22H23F3N3O2+. The molecule has 8 heteroatoms. The first kappa shape index (κ1) is 21.6. The van der Waals surface area contributed by atoms with Gasteiger partial charge in [0.2, 0.25) is 5.91 Å². The molecule has 2 N–H and O–H groups in total. The molecule has 2 amide bonds. The van der Waals surface area contributed by atoms with Crippen molar-refractivity contribution in [2.45, 2.75) is 6.18 Å². The Bertz CT molecular complexity index is 905. The van der Waals surface area contributed by atoms with Gasteiger partial charge in [-0.2, -0.15) is 13.2 Å². The van der Waals surface area contributed by atoms with Crippen LogP contribution in [0.4, 0.5) is 18.9 Å². The quantitative estimate of drug-likeness (QED) is 0.731. The molecule has 1 heterocycles. The van der Waals surface area contributed by atoms with Gasteiger partial charge in [-0.3, -0.25) is 9.59 Å². The normalized spacial score (nSPS) is 15.4. The monoisotopic (exact) mass is 418 g/mol.